The van der Waals surface area contributed by atoms with Crippen molar-refractivity contribution in [3.8, 4) is 0 Å². The fourth-order valence-electron chi connectivity index (χ4n) is 3.63. The van der Waals surface area contributed by atoms with Crippen LogP contribution in [0.4, 0.5) is 4.39 Å². The van der Waals surface area contributed by atoms with Crippen molar-refractivity contribution in [3.63, 3.8) is 0 Å². The van der Waals surface area contributed by atoms with Gasteiger partial charge in [-0.25, -0.2) is 4.39 Å². The lowest BCUT2D eigenvalue weighted by atomic mass is 9.98. The van der Waals surface area contributed by atoms with Crippen molar-refractivity contribution in [2.45, 2.75) is 63.2 Å². The number of nitrogens with one attached hydrogen (secondary N) is 1. The number of ether oxygens (including phenoxy) is 1. The molecule has 2 fully saturated rings. The summed E-state index contributed by atoms with van der Waals surface area (Å²) in [6.45, 7) is 2.94. The Morgan fingerprint density at radius 1 is 1.35 bits per heavy atom. The van der Waals surface area contributed by atoms with Crippen LogP contribution in [0.15, 0.2) is 24.3 Å². The van der Waals surface area contributed by atoms with E-state index < -0.39 is 0 Å². The molecule has 20 heavy (non-hydrogen) atoms. The normalized spacial score (nSPS) is 26.2. The average molecular weight is 277 g/mol. The van der Waals surface area contributed by atoms with Gasteiger partial charge in [-0.2, -0.15) is 0 Å². The predicted octanol–water partition coefficient (Wildman–Crippen LogP) is 3.97. The summed E-state index contributed by atoms with van der Waals surface area (Å²) in [6.07, 6.45) is 7.81. The minimum atomic E-state index is -0.168. The van der Waals surface area contributed by atoms with Crippen LogP contribution in [0.1, 0.15) is 57.1 Å². The Hall–Kier alpha value is -0.930. The van der Waals surface area contributed by atoms with E-state index in [0.717, 1.165) is 18.5 Å². The Balaban J connectivity index is 1.50. The second kappa shape index (κ2) is 5.82. The summed E-state index contributed by atoms with van der Waals surface area (Å²) in [6, 6.07) is 6.98. The second-order valence-corrected chi connectivity index (χ2v) is 6.35. The molecule has 2 aliphatic rings. The van der Waals surface area contributed by atoms with E-state index in [9.17, 15) is 4.39 Å². The molecule has 1 heterocycles. The van der Waals surface area contributed by atoms with Gasteiger partial charge < -0.3 is 10.1 Å². The molecule has 3 heteroatoms. The summed E-state index contributed by atoms with van der Waals surface area (Å²) >= 11 is 0. The molecule has 1 aromatic rings. The van der Waals surface area contributed by atoms with Gasteiger partial charge in [0, 0.05) is 12.6 Å². The molecule has 1 aromatic carbocycles. The largest absolute Gasteiger partial charge is 0.370 e. The first-order valence-corrected chi connectivity index (χ1v) is 7.84. The van der Waals surface area contributed by atoms with Gasteiger partial charge in [-0.3, -0.25) is 0 Å². The number of benzene rings is 1. The van der Waals surface area contributed by atoms with Gasteiger partial charge in [0.05, 0.1) is 11.7 Å². The van der Waals surface area contributed by atoms with Crippen LogP contribution < -0.4 is 5.32 Å². The Morgan fingerprint density at radius 3 is 2.90 bits per heavy atom. The first kappa shape index (κ1) is 14.0. The quantitative estimate of drug-likeness (QED) is 0.899. The zero-order valence-corrected chi connectivity index (χ0v) is 12.2. The van der Waals surface area contributed by atoms with E-state index in [4.69, 9.17) is 4.74 Å². The van der Waals surface area contributed by atoms with Crippen molar-refractivity contribution in [2.24, 2.45) is 0 Å². The van der Waals surface area contributed by atoms with E-state index in [0.29, 0.717) is 6.10 Å². The summed E-state index contributed by atoms with van der Waals surface area (Å²) in [5.74, 6) is -0.168. The Labute approximate surface area is 120 Å². The zero-order chi connectivity index (χ0) is 14.0. The Kier molecular flexibility index (Phi) is 4.08. The minimum Gasteiger partial charge on any atom is -0.370 e. The maximum Gasteiger partial charge on any atom is 0.123 e. The van der Waals surface area contributed by atoms with E-state index in [1.54, 1.807) is 12.1 Å². The standard InChI is InChI=1S/C17H24FNO/c1-13(14-5-4-6-15(18)11-14)19-12-16-7-10-17(20-16)8-2-3-9-17/h4-6,11,13,16,19H,2-3,7-10,12H2,1H3/t13-,16?/m1/s1. The van der Waals surface area contributed by atoms with Crippen LogP contribution >= 0.6 is 0 Å². The monoisotopic (exact) mass is 277 g/mol. The third-order valence-electron chi connectivity index (χ3n) is 4.85. The van der Waals surface area contributed by atoms with E-state index >= 15 is 0 Å². The third-order valence-corrected chi connectivity index (χ3v) is 4.85. The lowest BCUT2D eigenvalue weighted by Gasteiger charge is -2.24. The Morgan fingerprint density at radius 2 is 2.15 bits per heavy atom. The summed E-state index contributed by atoms with van der Waals surface area (Å²) in [5.41, 5.74) is 1.20. The van der Waals surface area contributed by atoms with Gasteiger partial charge >= 0.3 is 0 Å². The zero-order valence-electron chi connectivity index (χ0n) is 12.2. The van der Waals surface area contributed by atoms with Crippen LogP contribution in [0.25, 0.3) is 0 Å². The molecule has 1 aliphatic heterocycles. The maximum absolute atomic E-state index is 13.2. The molecule has 2 nitrogen and oxygen atoms in total. The fraction of sp³-hybridized carbons (Fsp3) is 0.647. The lowest BCUT2D eigenvalue weighted by Crippen LogP contribution is -2.32. The van der Waals surface area contributed by atoms with Gasteiger partial charge in [-0.1, -0.05) is 25.0 Å². The molecule has 2 atom stereocenters. The van der Waals surface area contributed by atoms with E-state index in [2.05, 4.69) is 12.2 Å². The lowest BCUT2D eigenvalue weighted by molar-refractivity contribution is -0.0357. The molecule has 0 bridgehead atoms. The SMILES string of the molecule is C[C@@H](NCC1CCC2(CCCC2)O1)c1cccc(F)c1. The first-order chi connectivity index (χ1) is 9.67. The first-order valence-electron chi connectivity index (χ1n) is 7.84. The topological polar surface area (TPSA) is 21.3 Å². The molecule has 1 N–H and O–H groups in total. The second-order valence-electron chi connectivity index (χ2n) is 6.35. The highest BCUT2D eigenvalue weighted by Gasteiger charge is 2.41. The van der Waals surface area contributed by atoms with Crippen LogP contribution in [0.3, 0.4) is 0 Å². The van der Waals surface area contributed by atoms with Gasteiger partial charge in [-0.05, 0) is 50.3 Å². The molecule has 1 saturated heterocycles. The molecule has 0 radical (unpaired) electrons. The van der Waals surface area contributed by atoms with Crippen molar-refractivity contribution in [1.82, 2.24) is 5.32 Å². The highest BCUT2D eigenvalue weighted by Crippen LogP contribution is 2.43. The fourth-order valence-corrected chi connectivity index (χ4v) is 3.63. The minimum absolute atomic E-state index is 0.162. The Bertz CT molecular complexity index is 456. The average Bonchev–Trinajstić information content (AvgIpc) is 3.07. The van der Waals surface area contributed by atoms with Gasteiger partial charge in [0.25, 0.3) is 0 Å². The number of hydrogen-bond acceptors (Lipinski definition) is 2. The van der Waals surface area contributed by atoms with Crippen LogP contribution in [0.2, 0.25) is 0 Å². The van der Waals surface area contributed by atoms with Crippen LogP contribution in [0, 0.1) is 5.82 Å². The number of hydrogen-bond donors (Lipinski definition) is 1. The van der Waals surface area contributed by atoms with Gasteiger partial charge in [0.15, 0.2) is 0 Å². The van der Waals surface area contributed by atoms with Crippen molar-refractivity contribution >= 4 is 0 Å². The van der Waals surface area contributed by atoms with E-state index in [1.165, 1.54) is 38.2 Å². The molecule has 1 saturated carbocycles. The molecule has 0 aromatic heterocycles. The smallest absolute Gasteiger partial charge is 0.123 e. The third kappa shape index (κ3) is 3.04. The van der Waals surface area contributed by atoms with Crippen LogP contribution in [-0.4, -0.2) is 18.2 Å². The van der Waals surface area contributed by atoms with Crippen molar-refractivity contribution in [1.29, 1.82) is 0 Å². The van der Waals surface area contributed by atoms with Gasteiger partial charge in [0.1, 0.15) is 5.82 Å². The highest BCUT2D eigenvalue weighted by molar-refractivity contribution is 5.19. The van der Waals surface area contributed by atoms with E-state index in [-0.39, 0.29) is 17.5 Å². The van der Waals surface area contributed by atoms with Gasteiger partial charge in [-0.15, -0.1) is 0 Å². The van der Waals surface area contributed by atoms with Crippen molar-refractivity contribution in [3.05, 3.63) is 35.6 Å². The number of halogens is 1. The van der Waals surface area contributed by atoms with Crippen LogP contribution in [-0.2, 0) is 4.74 Å². The summed E-state index contributed by atoms with van der Waals surface area (Å²) in [4.78, 5) is 0. The molecule has 3 rings (SSSR count). The molecule has 0 amide bonds. The summed E-state index contributed by atoms with van der Waals surface area (Å²) in [5, 5.41) is 3.48. The molecular formula is C17H24FNO. The maximum atomic E-state index is 13.2. The van der Waals surface area contributed by atoms with Crippen molar-refractivity contribution in [2.75, 3.05) is 6.54 Å². The summed E-state index contributed by atoms with van der Waals surface area (Å²) < 4.78 is 19.5. The van der Waals surface area contributed by atoms with Crippen LogP contribution in [0.5, 0.6) is 0 Å². The molecule has 1 unspecified atom stereocenters. The van der Waals surface area contributed by atoms with Crippen molar-refractivity contribution < 1.29 is 9.13 Å². The predicted molar refractivity (Wildman–Crippen MR) is 78.1 cm³/mol. The summed E-state index contributed by atoms with van der Waals surface area (Å²) in [7, 11) is 0. The molecular weight excluding hydrogens is 253 g/mol. The highest BCUT2D eigenvalue weighted by atomic mass is 19.1. The van der Waals surface area contributed by atoms with Gasteiger partial charge in [0.2, 0.25) is 0 Å². The van der Waals surface area contributed by atoms with E-state index in [1.807, 2.05) is 6.07 Å². The molecule has 1 spiro atoms. The molecule has 1 aliphatic carbocycles. The number of rotatable bonds is 4. The molecule has 110 valence electrons.